The average molecular weight is 489 g/mol. The summed E-state index contributed by atoms with van der Waals surface area (Å²) in [6.45, 7) is 0.361. The molecule has 4 rings (SSSR count). The van der Waals surface area contributed by atoms with E-state index in [1.807, 2.05) is 78.9 Å². The molecule has 0 spiro atoms. The third-order valence-corrected chi connectivity index (χ3v) is 7.09. The van der Waals surface area contributed by atoms with Crippen molar-refractivity contribution in [2.75, 3.05) is 0 Å². The molecule has 0 heterocycles. The third-order valence-electron chi connectivity index (χ3n) is 6.72. The molecule has 0 unspecified atom stereocenters. The summed E-state index contributed by atoms with van der Waals surface area (Å²) in [4.78, 5) is 29.3. The highest BCUT2D eigenvalue weighted by molar-refractivity contribution is 6.31. The number of halogens is 1. The largest absolute Gasteiger partial charge is 0.352 e. The predicted molar refractivity (Wildman–Crippen MR) is 141 cm³/mol. The molecule has 1 aliphatic rings. The number of nitrogens with zero attached hydrogens (tertiary/aromatic N) is 1. The molecule has 35 heavy (non-hydrogen) atoms. The van der Waals surface area contributed by atoms with Crippen molar-refractivity contribution in [3.63, 3.8) is 0 Å². The fourth-order valence-corrected chi connectivity index (χ4v) is 4.99. The van der Waals surface area contributed by atoms with Gasteiger partial charge in [-0.05, 0) is 35.6 Å². The molecule has 182 valence electrons. The molecular formula is C30H33ClN2O2. The van der Waals surface area contributed by atoms with E-state index in [1.54, 1.807) is 11.0 Å². The van der Waals surface area contributed by atoms with Gasteiger partial charge in [0.15, 0.2) is 0 Å². The second-order valence-electron chi connectivity index (χ2n) is 9.32. The van der Waals surface area contributed by atoms with Crippen LogP contribution in [0.25, 0.3) is 0 Å². The van der Waals surface area contributed by atoms with Gasteiger partial charge in [0.2, 0.25) is 11.8 Å². The summed E-state index contributed by atoms with van der Waals surface area (Å²) >= 11 is 6.38. The highest BCUT2D eigenvalue weighted by Gasteiger charge is 2.32. The molecule has 3 aromatic carbocycles. The third kappa shape index (κ3) is 7.19. The van der Waals surface area contributed by atoms with E-state index in [0.29, 0.717) is 18.0 Å². The fraction of sp³-hybridized carbons (Fsp3) is 0.333. The molecule has 0 radical (unpaired) electrons. The first kappa shape index (κ1) is 25.0. The quantitative estimate of drug-likeness (QED) is 0.403. The lowest BCUT2D eigenvalue weighted by Crippen LogP contribution is -2.53. The summed E-state index contributed by atoms with van der Waals surface area (Å²) in [6, 6.07) is 26.8. The summed E-state index contributed by atoms with van der Waals surface area (Å²) in [7, 11) is 0. The highest BCUT2D eigenvalue weighted by Crippen LogP contribution is 2.22. The van der Waals surface area contributed by atoms with Crippen molar-refractivity contribution in [3.8, 4) is 0 Å². The zero-order valence-electron chi connectivity index (χ0n) is 20.0. The van der Waals surface area contributed by atoms with Crippen molar-refractivity contribution in [2.24, 2.45) is 0 Å². The zero-order chi connectivity index (χ0) is 24.5. The number of rotatable bonds is 9. The summed E-state index contributed by atoms with van der Waals surface area (Å²) in [5, 5.41) is 3.84. The lowest BCUT2D eigenvalue weighted by Gasteiger charge is -2.33. The Morgan fingerprint density at radius 1 is 0.829 bits per heavy atom. The van der Waals surface area contributed by atoms with E-state index in [1.165, 1.54) is 6.42 Å². The van der Waals surface area contributed by atoms with Gasteiger partial charge >= 0.3 is 0 Å². The normalized spacial score (nSPS) is 14.8. The second-order valence-corrected chi connectivity index (χ2v) is 9.73. The summed E-state index contributed by atoms with van der Waals surface area (Å²) in [6.07, 6.45) is 6.08. The van der Waals surface area contributed by atoms with E-state index in [2.05, 4.69) is 5.32 Å². The summed E-state index contributed by atoms with van der Waals surface area (Å²) in [5.74, 6) is -0.189. The summed E-state index contributed by atoms with van der Waals surface area (Å²) < 4.78 is 0. The molecule has 2 amide bonds. The molecule has 1 aliphatic carbocycles. The van der Waals surface area contributed by atoms with Crippen LogP contribution < -0.4 is 5.32 Å². The Labute approximate surface area is 213 Å². The van der Waals surface area contributed by atoms with Crippen molar-refractivity contribution in [1.82, 2.24) is 10.2 Å². The first-order valence-electron chi connectivity index (χ1n) is 12.5. The standard InChI is InChI=1S/C30H33ClN2O2/c31-27-19-11-10-16-25(27)21-29(34)33(22-24-14-6-2-7-15-24)28(20-23-12-4-1-5-13-23)30(35)32-26-17-8-3-9-18-26/h1-2,4-7,10-16,19,26,28H,3,8-9,17-18,20-22H2,(H,32,35)/t28-/m0/s1. The first-order chi connectivity index (χ1) is 17.1. The average Bonchev–Trinajstić information content (AvgIpc) is 2.89. The van der Waals surface area contributed by atoms with Crippen LogP contribution in [0, 0.1) is 0 Å². The lowest BCUT2D eigenvalue weighted by atomic mass is 9.94. The van der Waals surface area contributed by atoms with Crippen LogP contribution >= 0.6 is 11.6 Å². The Morgan fingerprint density at radius 2 is 1.43 bits per heavy atom. The van der Waals surface area contributed by atoms with Crippen LogP contribution in [0.4, 0.5) is 0 Å². The van der Waals surface area contributed by atoms with Crippen LogP contribution in [0.1, 0.15) is 48.8 Å². The molecule has 0 aromatic heterocycles. The minimum Gasteiger partial charge on any atom is -0.352 e. The van der Waals surface area contributed by atoms with Gasteiger partial charge in [0.05, 0.1) is 6.42 Å². The number of amides is 2. The summed E-state index contributed by atoms with van der Waals surface area (Å²) in [5.41, 5.74) is 2.78. The smallest absolute Gasteiger partial charge is 0.243 e. The van der Waals surface area contributed by atoms with Gasteiger partial charge in [0.1, 0.15) is 6.04 Å². The van der Waals surface area contributed by atoms with E-state index in [4.69, 9.17) is 11.6 Å². The van der Waals surface area contributed by atoms with Crippen LogP contribution in [-0.4, -0.2) is 28.8 Å². The first-order valence-corrected chi connectivity index (χ1v) is 12.9. The Bertz CT molecular complexity index is 1100. The molecule has 5 heteroatoms. The molecule has 1 N–H and O–H groups in total. The van der Waals surface area contributed by atoms with Crippen LogP contribution in [0.15, 0.2) is 84.9 Å². The maximum Gasteiger partial charge on any atom is 0.243 e. The number of carbonyl (C=O) groups excluding carboxylic acids is 2. The van der Waals surface area contributed by atoms with E-state index in [-0.39, 0.29) is 24.3 Å². The Morgan fingerprint density at radius 3 is 2.09 bits per heavy atom. The molecule has 3 aromatic rings. The van der Waals surface area contributed by atoms with E-state index >= 15 is 0 Å². The van der Waals surface area contributed by atoms with Crippen molar-refractivity contribution in [3.05, 3.63) is 107 Å². The molecule has 1 saturated carbocycles. The number of nitrogens with one attached hydrogen (secondary N) is 1. The fourth-order valence-electron chi connectivity index (χ4n) is 4.78. The number of carbonyl (C=O) groups is 2. The molecule has 0 saturated heterocycles. The molecule has 1 fully saturated rings. The van der Waals surface area contributed by atoms with Gasteiger partial charge in [-0.1, -0.05) is 110 Å². The monoisotopic (exact) mass is 488 g/mol. The maximum absolute atomic E-state index is 13.8. The van der Waals surface area contributed by atoms with E-state index in [0.717, 1.165) is 42.4 Å². The second kappa shape index (κ2) is 12.6. The maximum atomic E-state index is 13.8. The van der Waals surface area contributed by atoms with Crippen LogP contribution in [-0.2, 0) is 29.0 Å². The Kier molecular flexibility index (Phi) is 8.96. The van der Waals surface area contributed by atoms with Gasteiger partial charge < -0.3 is 10.2 Å². The molecule has 4 nitrogen and oxygen atoms in total. The minimum atomic E-state index is -0.616. The van der Waals surface area contributed by atoms with Crippen molar-refractivity contribution in [1.29, 1.82) is 0 Å². The van der Waals surface area contributed by atoms with Crippen molar-refractivity contribution in [2.45, 2.75) is 63.6 Å². The van der Waals surface area contributed by atoms with E-state index in [9.17, 15) is 9.59 Å². The van der Waals surface area contributed by atoms with Crippen LogP contribution in [0.3, 0.4) is 0 Å². The van der Waals surface area contributed by atoms with Gasteiger partial charge in [-0.15, -0.1) is 0 Å². The van der Waals surface area contributed by atoms with Gasteiger partial charge in [-0.3, -0.25) is 9.59 Å². The lowest BCUT2D eigenvalue weighted by molar-refractivity contribution is -0.141. The van der Waals surface area contributed by atoms with Crippen molar-refractivity contribution < 1.29 is 9.59 Å². The molecule has 1 atom stereocenters. The zero-order valence-corrected chi connectivity index (χ0v) is 20.8. The predicted octanol–water partition coefficient (Wildman–Crippen LogP) is 5.97. The van der Waals surface area contributed by atoms with Crippen molar-refractivity contribution >= 4 is 23.4 Å². The van der Waals surface area contributed by atoms with Crippen LogP contribution in [0.2, 0.25) is 5.02 Å². The molecule has 0 aliphatic heterocycles. The van der Waals surface area contributed by atoms with E-state index < -0.39 is 6.04 Å². The Hall–Kier alpha value is -3.11. The molecular weight excluding hydrogens is 456 g/mol. The molecule has 0 bridgehead atoms. The number of benzene rings is 3. The SMILES string of the molecule is O=C(NC1CCCCC1)[C@H](Cc1ccccc1)N(Cc1ccccc1)C(=O)Cc1ccccc1Cl. The number of hydrogen-bond acceptors (Lipinski definition) is 2. The Balaban J connectivity index is 1.64. The highest BCUT2D eigenvalue weighted by atomic mass is 35.5. The number of hydrogen-bond donors (Lipinski definition) is 1. The topological polar surface area (TPSA) is 49.4 Å². The van der Waals surface area contributed by atoms with Gasteiger partial charge in [0.25, 0.3) is 0 Å². The van der Waals surface area contributed by atoms with Crippen LogP contribution in [0.5, 0.6) is 0 Å². The van der Waals surface area contributed by atoms with Gasteiger partial charge in [-0.25, -0.2) is 0 Å². The minimum absolute atomic E-state index is 0.0795. The van der Waals surface area contributed by atoms with Gasteiger partial charge in [-0.2, -0.15) is 0 Å². The van der Waals surface area contributed by atoms with Gasteiger partial charge in [0, 0.05) is 24.0 Å².